The predicted molar refractivity (Wildman–Crippen MR) is 98.7 cm³/mol. The molecule has 0 fully saturated rings. The molecule has 0 heterocycles. The Morgan fingerprint density at radius 2 is 1.71 bits per heavy atom. The van der Waals surface area contributed by atoms with Gasteiger partial charge in [-0.15, -0.1) is 0 Å². The van der Waals surface area contributed by atoms with Crippen LogP contribution < -0.4 is 4.74 Å². The molecule has 2 rings (SSSR count). The van der Waals surface area contributed by atoms with Gasteiger partial charge >= 0.3 is 0 Å². The second-order valence-electron chi connectivity index (χ2n) is 5.40. The molecule has 4 heteroatoms. The Morgan fingerprint density at radius 3 is 2.33 bits per heavy atom. The van der Waals surface area contributed by atoms with E-state index in [4.69, 9.17) is 4.74 Å². The molecule has 0 N–H and O–H groups in total. The standard InChI is InChI=1S/C20H20O3S/c1-17-7-9-18(10-8-17)5-3-15-24(21,22)16-4-6-19-11-13-20(23-2)14-12-19/h3,5,7-14H,15-16H2,1-2H3/b5-3+. The third-order valence-electron chi connectivity index (χ3n) is 3.35. The van der Waals surface area contributed by atoms with E-state index in [1.807, 2.05) is 37.3 Å². The summed E-state index contributed by atoms with van der Waals surface area (Å²) in [6.07, 6.45) is 3.48. The van der Waals surface area contributed by atoms with Crippen LogP contribution in [-0.4, -0.2) is 27.0 Å². The van der Waals surface area contributed by atoms with Crippen molar-refractivity contribution in [3.63, 3.8) is 0 Å². The molecule has 0 aromatic heterocycles. The van der Waals surface area contributed by atoms with Gasteiger partial charge in [-0.2, -0.15) is 0 Å². The van der Waals surface area contributed by atoms with Crippen LogP contribution in [0.2, 0.25) is 0 Å². The Bertz CT molecular complexity index is 850. The van der Waals surface area contributed by atoms with E-state index in [0.29, 0.717) is 0 Å². The fourth-order valence-electron chi connectivity index (χ4n) is 1.99. The third-order valence-corrected chi connectivity index (χ3v) is 4.64. The van der Waals surface area contributed by atoms with Crippen molar-refractivity contribution in [1.82, 2.24) is 0 Å². The van der Waals surface area contributed by atoms with E-state index in [1.54, 1.807) is 37.5 Å². The molecule has 0 saturated heterocycles. The zero-order valence-corrected chi connectivity index (χ0v) is 14.6. The molecule has 0 aliphatic heterocycles. The highest BCUT2D eigenvalue weighted by molar-refractivity contribution is 7.91. The molecule has 0 aliphatic rings. The lowest BCUT2D eigenvalue weighted by atomic mass is 10.1. The first-order valence-corrected chi connectivity index (χ1v) is 9.37. The van der Waals surface area contributed by atoms with Crippen LogP contribution in [0.5, 0.6) is 5.75 Å². The topological polar surface area (TPSA) is 43.4 Å². The molecule has 124 valence electrons. The van der Waals surface area contributed by atoms with Gasteiger partial charge < -0.3 is 4.74 Å². The summed E-state index contributed by atoms with van der Waals surface area (Å²) in [5.74, 6) is 6.15. The summed E-state index contributed by atoms with van der Waals surface area (Å²) < 4.78 is 29.0. The average Bonchev–Trinajstić information content (AvgIpc) is 2.57. The SMILES string of the molecule is COc1ccc(C#CCS(=O)(=O)C/C=C/c2ccc(C)cc2)cc1. The minimum Gasteiger partial charge on any atom is -0.497 e. The van der Waals surface area contributed by atoms with Crippen molar-refractivity contribution in [2.75, 3.05) is 18.6 Å². The Balaban J connectivity index is 1.91. The first kappa shape index (κ1) is 17.8. The summed E-state index contributed by atoms with van der Waals surface area (Å²) in [5.41, 5.74) is 2.93. The highest BCUT2D eigenvalue weighted by atomic mass is 32.2. The van der Waals surface area contributed by atoms with Crippen LogP contribution in [0.1, 0.15) is 16.7 Å². The summed E-state index contributed by atoms with van der Waals surface area (Å²) in [6, 6.07) is 15.1. The number of sulfone groups is 1. The van der Waals surface area contributed by atoms with Gasteiger partial charge in [0, 0.05) is 5.56 Å². The molecule has 0 amide bonds. The fraction of sp³-hybridized carbons (Fsp3) is 0.200. The number of hydrogen-bond donors (Lipinski definition) is 0. The van der Waals surface area contributed by atoms with Gasteiger partial charge in [0.1, 0.15) is 11.5 Å². The van der Waals surface area contributed by atoms with Crippen molar-refractivity contribution in [2.24, 2.45) is 0 Å². The van der Waals surface area contributed by atoms with Crippen molar-refractivity contribution in [2.45, 2.75) is 6.92 Å². The minimum absolute atomic E-state index is 0.0157. The van der Waals surface area contributed by atoms with E-state index in [1.165, 1.54) is 5.56 Å². The van der Waals surface area contributed by atoms with Crippen LogP contribution in [-0.2, 0) is 9.84 Å². The van der Waals surface area contributed by atoms with Gasteiger partial charge in [-0.05, 0) is 36.8 Å². The second kappa shape index (κ2) is 8.37. The second-order valence-corrected chi connectivity index (χ2v) is 7.51. The monoisotopic (exact) mass is 340 g/mol. The molecule has 0 bridgehead atoms. The van der Waals surface area contributed by atoms with Gasteiger partial charge in [-0.25, -0.2) is 8.42 Å². The molecule has 3 nitrogen and oxygen atoms in total. The third kappa shape index (κ3) is 5.94. The molecular weight excluding hydrogens is 320 g/mol. The minimum atomic E-state index is -3.23. The zero-order valence-electron chi connectivity index (χ0n) is 13.8. The Hall–Kier alpha value is -2.51. The van der Waals surface area contributed by atoms with Crippen LogP contribution in [0, 0.1) is 18.8 Å². The van der Waals surface area contributed by atoms with E-state index >= 15 is 0 Å². The Labute approximate surface area is 143 Å². The Morgan fingerprint density at radius 1 is 1.04 bits per heavy atom. The maximum Gasteiger partial charge on any atom is 0.165 e. The van der Waals surface area contributed by atoms with Gasteiger partial charge in [-0.1, -0.05) is 53.8 Å². The lowest BCUT2D eigenvalue weighted by Gasteiger charge is -1.98. The van der Waals surface area contributed by atoms with E-state index in [0.717, 1.165) is 16.9 Å². The maximum atomic E-state index is 12.0. The predicted octanol–water partition coefficient (Wildman–Crippen LogP) is 3.48. The van der Waals surface area contributed by atoms with E-state index in [2.05, 4.69) is 11.8 Å². The maximum absolute atomic E-state index is 12.0. The lowest BCUT2D eigenvalue weighted by Crippen LogP contribution is -2.07. The Kier molecular flexibility index (Phi) is 6.22. The number of hydrogen-bond acceptors (Lipinski definition) is 3. The highest BCUT2D eigenvalue weighted by Crippen LogP contribution is 2.10. The van der Waals surface area contributed by atoms with Crippen molar-refractivity contribution < 1.29 is 13.2 Å². The lowest BCUT2D eigenvalue weighted by molar-refractivity contribution is 0.415. The highest BCUT2D eigenvalue weighted by Gasteiger charge is 2.05. The number of ether oxygens (including phenoxy) is 1. The number of benzene rings is 2. The summed E-state index contributed by atoms with van der Waals surface area (Å²) in [5, 5.41) is 0. The van der Waals surface area contributed by atoms with Crippen molar-refractivity contribution in [3.05, 3.63) is 71.3 Å². The molecule has 0 radical (unpaired) electrons. The number of methoxy groups -OCH3 is 1. The van der Waals surface area contributed by atoms with Crippen molar-refractivity contribution in [3.8, 4) is 17.6 Å². The molecule has 2 aromatic carbocycles. The average molecular weight is 340 g/mol. The van der Waals surface area contributed by atoms with E-state index in [-0.39, 0.29) is 11.5 Å². The summed E-state index contributed by atoms with van der Waals surface area (Å²) in [4.78, 5) is 0. The summed E-state index contributed by atoms with van der Waals surface area (Å²) in [6.45, 7) is 2.01. The van der Waals surface area contributed by atoms with Crippen LogP contribution >= 0.6 is 0 Å². The zero-order chi connectivity index (χ0) is 17.4. The largest absolute Gasteiger partial charge is 0.497 e. The molecule has 0 aliphatic carbocycles. The van der Waals surface area contributed by atoms with Crippen LogP contribution in [0.3, 0.4) is 0 Å². The molecular formula is C20H20O3S. The molecule has 0 saturated carbocycles. The molecule has 0 spiro atoms. The van der Waals surface area contributed by atoms with Crippen molar-refractivity contribution >= 4 is 15.9 Å². The molecule has 2 aromatic rings. The van der Waals surface area contributed by atoms with E-state index in [9.17, 15) is 8.42 Å². The molecule has 24 heavy (non-hydrogen) atoms. The number of rotatable bonds is 5. The van der Waals surface area contributed by atoms with Crippen molar-refractivity contribution in [1.29, 1.82) is 0 Å². The number of aryl methyl sites for hydroxylation is 1. The van der Waals surface area contributed by atoms with Gasteiger partial charge in [0.25, 0.3) is 0 Å². The van der Waals surface area contributed by atoms with Crippen LogP contribution in [0.25, 0.3) is 6.08 Å². The molecule has 0 atom stereocenters. The summed E-state index contributed by atoms with van der Waals surface area (Å²) in [7, 11) is -1.63. The summed E-state index contributed by atoms with van der Waals surface area (Å²) >= 11 is 0. The fourth-order valence-corrected chi connectivity index (χ4v) is 2.79. The van der Waals surface area contributed by atoms with Gasteiger partial charge in [-0.3, -0.25) is 0 Å². The van der Waals surface area contributed by atoms with Crippen LogP contribution in [0.15, 0.2) is 54.6 Å². The van der Waals surface area contributed by atoms with Gasteiger partial charge in [0.2, 0.25) is 0 Å². The van der Waals surface area contributed by atoms with Crippen LogP contribution in [0.4, 0.5) is 0 Å². The quantitative estimate of drug-likeness (QED) is 0.783. The van der Waals surface area contributed by atoms with Gasteiger partial charge in [0.05, 0.1) is 12.9 Å². The smallest absolute Gasteiger partial charge is 0.165 e. The first-order valence-electron chi connectivity index (χ1n) is 7.55. The molecule has 0 unspecified atom stereocenters. The first-order chi connectivity index (χ1) is 11.5. The normalized spacial score (nSPS) is 11.1. The van der Waals surface area contributed by atoms with Gasteiger partial charge in [0.15, 0.2) is 9.84 Å². The van der Waals surface area contributed by atoms with E-state index < -0.39 is 9.84 Å².